The third-order valence-electron chi connectivity index (χ3n) is 6.30. The lowest BCUT2D eigenvalue weighted by Gasteiger charge is -2.32. The molecule has 2 saturated carbocycles. The Balaban J connectivity index is 1.31. The first-order valence-electron chi connectivity index (χ1n) is 10.8. The van der Waals surface area contributed by atoms with Gasteiger partial charge in [0.25, 0.3) is 0 Å². The van der Waals surface area contributed by atoms with Gasteiger partial charge in [-0.1, -0.05) is 42.5 Å². The summed E-state index contributed by atoms with van der Waals surface area (Å²) >= 11 is 0. The SMILES string of the molecule is O=C1CC(C(=O)N[C@@H](c2ccc(C3CC3)c(F)c2)C2CC2)NC(c2ccccc2)N1. The van der Waals surface area contributed by atoms with Crippen LogP contribution in [0.5, 0.6) is 0 Å². The van der Waals surface area contributed by atoms with Crippen LogP contribution < -0.4 is 16.0 Å². The van der Waals surface area contributed by atoms with Gasteiger partial charge >= 0.3 is 0 Å². The highest BCUT2D eigenvalue weighted by Crippen LogP contribution is 2.44. The van der Waals surface area contributed by atoms with Gasteiger partial charge in [-0.25, -0.2) is 4.39 Å². The summed E-state index contributed by atoms with van der Waals surface area (Å²) in [6.45, 7) is 0. The zero-order chi connectivity index (χ0) is 20.7. The van der Waals surface area contributed by atoms with Crippen LogP contribution in [0.3, 0.4) is 0 Å². The van der Waals surface area contributed by atoms with Crippen molar-refractivity contribution in [2.45, 2.75) is 56.3 Å². The third kappa shape index (κ3) is 4.10. The highest BCUT2D eigenvalue weighted by Gasteiger charge is 2.38. The maximum atomic E-state index is 14.6. The Hall–Kier alpha value is -2.73. The molecule has 2 aromatic rings. The number of benzene rings is 2. The van der Waals surface area contributed by atoms with Crippen LogP contribution in [0, 0.1) is 11.7 Å². The summed E-state index contributed by atoms with van der Waals surface area (Å²) in [5.41, 5.74) is 2.50. The molecule has 1 aliphatic heterocycles. The predicted octanol–water partition coefficient (Wildman–Crippen LogP) is 3.45. The molecule has 0 aromatic heterocycles. The topological polar surface area (TPSA) is 70.2 Å². The van der Waals surface area contributed by atoms with Crippen LogP contribution in [0.25, 0.3) is 0 Å². The van der Waals surface area contributed by atoms with Gasteiger partial charge in [0.05, 0.1) is 18.5 Å². The van der Waals surface area contributed by atoms with Crippen molar-refractivity contribution in [2.24, 2.45) is 5.92 Å². The summed E-state index contributed by atoms with van der Waals surface area (Å²) < 4.78 is 14.6. The van der Waals surface area contributed by atoms with E-state index in [-0.39, 0.29) is 30.1 Å². The van der Waals surface area contributed by atoms with Gasteiger partial charge < -0.3 is 10.6 Å². The number of amides is 2. The summed E-state index contributed by atoms with van der Waals surface area (Å²) in [4.78, 5) is 25.3. The minimum atomic E-state index is -0.624. The molecule has 6 heteroatoms. The lowest BCUT2D eigenvalue weighted by Crippen LogP contribution is -2.56. The van der Waals surface area contributed by atoms with Crippen molar-refractivity contribution in [3.05, 3.63) is 71.0 Å². The molecule has 2 aromatic carbocycles. The fourth-order valence-electron chi connectivity index (χ4n) is 4.32. The van der Waals surface area contributed by atoms with Gasteiger partial charge in [0.15, 0.2) is 0 Å². The Morgan fingerprint density at radius 2 is 1.83 bits per heavy atom. The summed E-state index contributed by atoms with van der Waals surface area (Å²) in [5, 5.41) is 9.23. The highest BCUT2D eigenvalue weighted by molar-refractivity contribution is 5.90. The van der Waals surface area contributed by atoms with Crippen LogP contribution in [0.2, 0.25) is 0 Å². The maximum absolute atomic E-state index is 14.6. The molecule has 0 bridgehead atoms. The smallest absolute Gasteiger partial charge is 0.238 e. The van der Waals surface area contributed by atoms with Gasteiger partial charge in [0.1, 0.15) is 12.0 Å². The normalized spacial score (nSPS) is 24.8. The number of halogens is 1. The summed E-state index contributed by atoms with van der Waals surface area (Å²) in [6.07, 6.45) is 3.82. The molecule has 2 unspecified atom stereocenters. The minimum absolute atomic E-state index is 0.0849. The fourth-order valence-corrected chi connectivity index (χ4v) is 4.32. The Morgan fingerprint density at radius 1 is 1.07 bits per heavy atom. The quantitative estimate of drug-likeness (QED) is 0.687. The molecule has 2 amide bonds. The third-order valence-corrected chi connectivity index (χ3v) is 6.30. The largest absolute Gasteiger partial charge is 0.348 e. The number of nitrogens with one attached hydrogen (secondary N) is 3. The van der Waals surface area contributed by atoms with Crippen molar-refractivity contribution in [3.8, 4) is 0 Å². The van der Waals surface area contributed by atoms with E-state index in [2.05, 4.69) is 16.0 Å². The molecule has 1 saturated heterocycles. The van der Waals surface area contributed by atoms with Gasteiger partial charge in [0.2, 0.25) is 11.8 Å². The fraction of sp³-hybridized carbons (Fsp3) is 0.417. The van der Waals surface area contributed by atoms with Crippen LogP contribution in [-0.4, -0.2) is 17.9 Å². The van der Waals surface area contributed by atoms with Crippen LogP contribution in [0.15, 0.2) is 48.5 Å². The first kappa shape index (κ1) is 19.2. The number of carbonyl (C=O) groups excluding carboxylic acids is 2. The van der Waals surface area contributed by atoms with Crippen molar-refractivity contribution in [3.63, 3.8) is 0 Å². The number of hydrogen-bond donors (Lipinski definition) is 3. The molecule has 3 atom stereocenters. The summed E-state index contributed by atoms with van der Waals surface area (Å²) in [6, 6.07) is 14.1. The van der Waals surface area contributed by atoms with Gasteiger partial charge in [-0.2, -0.15) is 0 Å². The molecule has 0 spiro atoms. The molecule has 5 nitrogen and oxygen atoms in total. The van der Waals surface area contributed by atoms with Crippen molar-refractivity contribution in [1.29, 1.82) is 0 Å². The zero-order valence-electron chi connectivity index (χ0n) is 16.7. The molecule has 3 aliphatic rings. The number of rotatable bonds is 6. The number of carbonyl (C=O) groups is 2. The summed E-state index contributed by atoms with van der Waals surface area (Å²) in [7, 11) is 0. The Bertz CT molecular complexity index is 956. The van der Waals surface area contributed by atoms with E-state index in [1.54, 1.807) is 6.07 Å². The second-order valence-electron chi connectivity index (χ2n) is 8.71. The Labute approximate surface area is 175 Å². The predicted molar refractivity (Wildman–Crippen MR) is 111 cm³/mol. The van der Waals surface area contributed by atoms with Crippen LogP contribution >= 0.6 is 0 Å². The van der Waals surface area contributed by atoms with Gasteiger partial charge in [-0.3, -0.25) is 14.9 Å². The summed E-state index contributed by atoms with van der Waals surface area (Å²) in [5.74, 6) is 0.129. The van der Waals surface area contributed by atoms with E-state index in [0.29, 0.717) is 11.8 Å². The van der Waals surface area contributed by atoms with Crippen LogP contribution in [0.1, 0.15) is 66.9 Å². The average molecular weight is 407 g/mol. The molecule has 0 radical (unpaired) electrons. The minimum Gasteiger partial charge on any atom is -0.348 e. The molecule has 5 rings (SSSR count). The van der Waals surface area contributed by atoms with Crippen molar-refractivity contribution < 1.29 is 14.0 Å². The van der Waals surface area contributed by atoms with Gasteiger partial charge in [-0.15, -0.1) is 0 Å². The van der Waals surface area contributed by atoms with E-state index in [1.807, 2.05) is 42.5 Å². The van der Waals surface area contributed by atoms with Crippen LogP contribution in [0.4, 0.5) is 4.39 Å². The highest BCUT2D eigenvalue weighted by atomic mass is 19.1. The number of hydrogen-bond acceptors (Lipinski definition) is 3. The maximum Gasteiger partial charge on any atom is 0.238 e. The van der Waals surface area contributed by atoms with Crippen molar-refractivity contribution >= 4 is 11.8 Å². The van der Waals surface area contributed by atoms with Crippen molar-refractivity contribution in [1.82, 2.24) is 16.0 Å². The van der Waals surface area contributed by atoms with E-state index in [0.717, 1.165) is 42.4 Å². The molecule has 30 heavy (non-hydrogen) atoms. The Kier molecular flexibility index (Phi) is 5.03. The van der Waals surface area contributed by atoms with E-state index in [9.17, 15) is 14.0 Å². The van der Waals surface area contributed by atoms with E-state index in [4.69, 9.17) is 0 Å². The van der Waals surface area contributed by atoms with Gasteiger partial charge in [0, 0.05) is 0 Å². The molecule has 3 fully saturated rings. The van der Waals surface area contributed by atoms with E-state index >= 15 is 0 Å². The van der Waals surface area contributed by atoms with E-state index < -0.39 is 12.2 Å². The molecule has 1 heterocycles. The van der Waals surface area contributed by atoms with Gasteiger partial charge in [-0.05, 0) is 60.3 Å². The monoisotopic (exact) mass is 407 g/mol. The standard InChI is InChI=1S/C24H26FN3O2/c25-19-12-17(10-11-18(19)14-6-7-14)22(15-8-9-15)28-24(30)20-13-21(29)27-23(26-20)16-4-2-1-3-5-16/h1-5,10-12,14-15,20,22-23,26H,6-9,13H2,(H,27,29)(H,28,30)/t20?,22-,23?/m1/s1. The molecule has 156 valence electrons. The van der Waals surface area contributed by atoms with E-state index in [1.165, 1.54) is 0 Å². The Morgan fingerprint density at radius 3 is 2.50 bits per heavy atom. The molecular weight excluding hydrogens is 381 g/mol. The lowest BCUT2D eigenvalue weighted by molar-refractivity contribution is -0.132. The molecule has 2 aliphatic carbocycles. The van der Waals surface area contributed by atoms with Crippen LogP contribution in [-0.2, 0) is 9.59 Å². The first-order valence-corrected chi connectivity index (χ1v) is 10.8. The molecular formula is C24H26FN3O2. The second kappa shape index (κ2) is 7.84. The second-order valence-corrected chi connectivity index (χ2v) is 8.71. The molecule has 3 N–H and O–H groups in total. The van der Waals surface area contributed by atoms with Crippen molar-refractivity contribution in [2.75, 3.05) is 0 Å². The lowest BCUT2D eigenvalue weighted by atomic mass is 9.98. The first-order chi connectivity index (χ1) is 14.6. The zero-order valence-corrected chi connectivity index (χ0v) is 16.7. The average Bonchev–Trinajstić information content (AvgIpc) is 3.65.